The van der Waals surface area contributed by atoms with E-state index in [1.54, 1.807) is 27.7 Å². The Kier molecular flexibility index (Phi) is 7.51. The van der Waals surface area contributed by atoms with E-state index >= 15 is 0 Å². The molecule has 2 aliphatic heterocycles. The van der Waals surface area contributed by atoms with Crippen molar-refractivity contribution >= 4 is 34.8 Å². The monoisotopic (exact) mass is 453 g/mol. The number of aliphatic imine (C=N–C) groups is 1. The van der Waals surface area contributed by atoms with Gasteiger partial charge in [-0.3, -0.25) is 9.69 Å². The third-order valence-electron chi connectivity index (χ3n) is 4.36. The molecule has 0 radical (unpaired) electrons. The van der Waals surface area contributed by atoms with Crippen LogP contribution in [0.4, 0.5) is 0 Å². The normalized spacial score (nSPS) is 19.6. The van der Waals surface area contributed by atoms with E-state index in [-0.39, 0.29) is 28.5 Å². The van der Waals surface area contributed by atoms with Crippen LogP contribution in [0.5, 0.6) is 0 Å². The van der Waals surface area contributed by atoms with Crippen molar-refractivity contribution in [1.82, 2.24) is 10.2 Å². The lowest BCUT2D eigenvalue weighted by Gasteiger charge is -2.37. The summed E-state index contributed by atoms with van der Waals surface area (Å²) in [5.41, 5.74) is -0.429. The molecule has 31 heavy (non-hydrogen) atoms. The lowest BCUT2D eigenvalue weighted by atomic mass is 9.81. The van der Waals surface area contributed by atoms with Crippen LogP contribution in [0, 0.1) is 5.41 Å². The smallest absolute Gasteiger partial charge is 0.340 e. The summed E-state index contributed by atoms with van der Waals surface area (Å²) in [6.45, 7) is 17.3. The van der Waals surface area contributed by atoms with Gasteiger partial charge in [-0.2, -0.15) is 0 Å². The van der Waals surface area contributed by atoms with Gasteiger partial charge in [0.1, 0.15) is 11.4 Å². The topological polar surface area (TPSA) is 97.3 Å². The zero-order valence-corrected chi connectivity index (χ0v) is 20.8. The molecule has 174 valence electrons. The van der Waals surface area contributed by atoms with Gasteiger partial charge in [-0.05, 0) is 53.4 Å². The van der Waals surface area contributed by atoms with Gasteiger partial charge in [0.15, 0.2) is 11.2 Å². The summed E-state index contributed by atoms with van der Waals surface area (Å²) in [4.78, 5) is 44.7. The molecule has 0 aliphatic carbocycles. The van der Waals surface area contributed by atoms with E-state index in [0.717, 1.165) is 6.42 Å². The van der Waals surface area contributed by atoms with Gasteiger partial charge in [-0.1, -0.05) is 32.5 Å². The summed E-state index contributed by atoms with van der Waals surface area (Å²) in [6.07, 6.45) is -0.0338. The largest absolute Gasteiger partial charge is 0.461 e. The highest BCUT2D eigenvalue weighted by atomic mass is 32.2. The lowest BCUT2D eigenvalue weighted by Crippen LogP contribution is -2.53. The molecular weight excluding hydrogens is 418 g/mol. The van der Waals surface area contributed by atoms with E-state index in [9.17, 15) is 14.4 Å². The first-order valence-electron chi connectivity index (χ1n) is 10.6. The van der Waals surface area contributed by atoms with Crippen molar-refractivity contribution in [3.8, 4) is 0 Å². The number of ether oxygens (including phenoxy) is 2. The highest BCUT2D eigenvalue weighted by Gasteiger charge is 2.49. The number of hydrogen-bond donors (Lipinski definition) is 1. The average Bonchev–Trinajstić information content (AvgIpc) is 2.90. The maximum Gasteiger partial charge on any atom is 0.340 e. The number of nitrogens with zero attached hydrogens (tertiary/aromatic N) is 2. The molecule has 2 aliphatic rings. The first-order chi connectivity index (χ1) is 14.1. The Morgan fingerprint density at radius 3 is 2.23 bits per heavy atom. The van der Waals surface area contributed by atoms with Gasteiger partial charge >= 0.3 is 11.9 Å². The van der Waals surface area contributed by atoms with Gasteiger partial charge in [0, 0.05) is 5.54 Å². The Morgan fingerprint density at radius 2 is 1.71 bits per heavy atom. The van der Waals surface area contributed by atoms with Crippen LogP contribution in [0.3, 0.4) is 0 Å². The Labute approximate surface area is 189 Å². The fraction of sp³-hybridized carbons (Fsp3) is 0.727. The second kappa shape index (κ2) is 9.22. The molecule has 0 spiro atoms. The number of fused-ring (bicyclic) bond motifs is 1. The third kappa shape index (κ3) is 6.48. The van der Waals surface area contributed by atoms with E-state index in [4.69, 9.17) is 9.47 Å². The molecular formula is C22H35N3O5S. The molecule has 1 atom stereocenters. The molecule has 1 N–H and O–H groups in total. The SMILES string of the molecule is CC(C)OC(=O)C1=C(NC(C)(C)CC(C)(C)C)N=C2SCC(=O)N2C1C(=O)OC(C)C. The molecule has 1 unspecified atom stereocenters. The molecule has 2 heterocycles. The maximum absolute atomic E-state index is 13.1. The number of amides is 1. The zero-order valence-electron chi connectivity index (χ0n) is 20.0. The second-order valence-electron chi connectivity index (χ2n) is 10.3. The van der Waals surface area contributed by atoms with Crippen LogP contribution in [0.1, 0.15) is 68.7 Å². The van der Waals surface area contributed by atoms with Crippen LogP contribution >= 0.6 is 11.8 Å². The van der Waals surface area contributed by atoms with Crippen LogP contribution in [0.15, 0.2) is 16.4 Å². The standard InChI is InChI=1S/C22H35N3O5S/c1-12(2)29-18(27)15-16(19(28)30-13(3)4)25-14(26)10-31-20(25)23-17(15)24-22(8,9)11-21(5,6)7/h12-13,16,24H,10-11H2,1-9H3. The van der Waals surface area contributed by atoms with Gasteiger partial charge in [-0.25, -0.2) is 14.6 Å². The van der Waals surface area contributed by atoms with E-state index in [1.807, 2.05) is 13.8 Å². The summed E-state index contributed by atoms with van der Waals surface area (Å²) in [5, 5.41) is 3.73. The number of carbonyl (C=O) groups is 3. The number of thioether (sulfide) groups is 1. The first-order valence-corrected chi connectivity index (χ1v) is 11.6. The fourth-order valence-corrected chi connectivity index (χ4v) is 4.81. The number of esters is 2. The summed E-state index contributed by atoms with van der Waals surface area (Å²) < 4.78 is 10.9. The maximum atomic E-state index is 13.1. The van der Waals surface area contributed by atoms with Crippen molar-refractivity contribution in [3.05, 3.63) is 11.4 Å². The summed E-state index contributed by atoms with van der Waals surface area (Å²) in [5.74, 6) is -1.27. The molecule has 2 rings (SSSR count). The van der Waals surface area contributed by atoms with Crippen molar-refractivity contribution in [2.75, 3.05) is 5.75 Å². The summed E-state index contributed by atoms with van der Waals surface area (Å²) in [7, 11) is 0. The van der Waals surface area contributed by atoms with E-state index in [2.05, 4.69) is 31.1 Å². The molecule has 0 bridgehead atoms. The second-order valence-corrected chi connectivity index (χ2v) is 11.2. The Morgan fingerprint density at radius 1 is 1.13 bits per heavy atom. The Balaban J connectivity index is 2.61. The molecule has 1 saturated heterocycles. The minimum absolute atomic E-state index is 0.000865. The highest BCUT2D eigenvalue weighted by molar-refractivity contribution is 8.15. The molecule has 0 aromatic heterocycles. The highest BCUT2D eigenvalue weighted by Crippen LogP contribution is 2.35. The molecule has 0 aromatic rings. The quantitative estimate of drug-likeness (QED) is 0.591. The molecule has 1 fully saturated rings. The number of nitrogens with one attached hydrogen (secondary N) is 1. The van der Waals surface area contributed by atoms with Crippen molar-refractivity contribution in [3.63, 3.8) is 0 Å². The van der Waals surface area contributed by atoms with E-state index < -0.39 is 35.7 Å². The molecule has 0 aromatic carbocycles. The Bertz CT molecular complexity index is 808. The number of rotatable bonds is 7. The number of carbonyl (C=O) groups excluding carboxylic acids is 3. The molecule has 0 saturated carbocycles. The Hall–Kier alpha value is -2.03. The predicted molar refractivity (Wildman–Crippen MR) is 121 cm³/mol. The first kappa shape index (κ1) is 25.2. The minimum atomic E-state index is -1.24. The van der Waals surface area contributed by atoms with Crippen LogP contribution < -0.4 is 5.32 Å². The van der Waals surface area contributed by atoms with Crippen molar-refractivity contribution in [2.45, 2.75) is 92.5 Å². The van der Waals surface area contributed by atoms with Crippen LogP contribution in [-0.2, 0) is 23.9 Å². The van der Waals surface area contributed by atoms with Gasteiger partial charge in [0.05, 0.1) is 18.0 Å². The fourth-order valence-electron chi connectivity index (χ4n) is 3.92. The number of amidine groups is 1. The van der Waals surface area contributed by atoms with Gasteiger partial charge < -0.3 is 14.8 Å². The van der Waals surface area contributed by atoms with E-state index in [1.165, 1.54) is 16.7 Å². The van der Waals surface area contributed by atoms with Crippen molar-refractivity contribution < 1.29 is 23.9 Å². The van der Waals surface area contributed by atoms with Crippen LogP contribution in [0.2, 0.25) is 0 Å². The summed E-state index contributed by atoms with van der Waals surface area (Å²) >= 11 is 1.24. The van der Waals surface area contributed by atoms with Crippen molar-refractivity contribution in [2.24, 2.45) is 10.4 Å². The molecule has 9 heteroatoms. The average molecular weight is 454 g/mol. The van der Waals surface area contributed by atoms with Gasteiger partial charge in [-0.15, -0.1) is 0 Å². The molecule has 8 nitrogen and oxygen atoms in total. The number of hydrogen-bond acceptors (Lipinski definition) is 8. The van der Waals surface area contributed by atoms with Crippen molar-refractivity contribution in [1.29, 1.82) is 0 Å². The van der Waals surface area contributed by atoms with E-state index in [0.29, 0.717) is 5.17 Å². The van der Waals surface area contributed by atoms with Crippen LogP contribution in [-0.4, -0.2) is 57.5 Å². The molecule has 1 amide bonds. The zero-order chi connectivity index (χ0) is 23.7. The van der Waals surface area contributed by atoms with Crippen LogP contribution in [0.25, 0.3) is 0 Å². The third-order valence-corrected chi connectivity index (χ3v) is 5.30. The lowest BCUT2D eigenvalue weighted by molar-refractivity contribution is -0.156. The predicted octanol–water partition coefficient (Wildman–Crippen LogP) is 3.22. The minimum Gasteiger partial charge on any atom is -0.461 e. The summed E-state index contributed by atoms with van der Waals surface area (Å²) in [6, 6.07) is -1.24. The van der Waals surface area contributed by atoms with Gasteiger partial charge in [0.25, 0.3) is 0 Å². The van der Waals surface area contributed by atoms with Gasteiger partial charge in [0.2, 0.25) is 5.91 Å².